The minimum Gasteiger partial charge on any atom is -0.394 e. The van der Waals surface area contributed by atoms with Crippen LogP contribution in [0.15, 0.2) is 29.2 Å². The molecule has 6 nitrogen and oxygen atoms in total. The highest BCUT2D eigenvalue weighted by molar-refractivity contribution is 7.90. The van der Waals surface area contributed by atoms with Crippen LogP contribution in [0.2, 0.25) is 0 Å². The van der Waals surface area contributed by atoms with E-state index in [0.29, 0.717) is 5.56 Å². The molecule has 0 radical (unpaired) electrons. The molecule has 0 saturated carbocycles. The first-order chi connectivity index (χ1) is 8.84. The van der Waals surface area contributed by atoms with Crippen molar-refractivity contribution in [1.29, 1.82) is 0 Å². The molecule has 0 aromatic heterocycles. The van der Waals surface area contributed by atoms with Crippen molar-refractivity contribution in [2.75, 3.05) is 26.0 Å². The third kappa shape index (κ3) is 5.25. The molecule has 1 rings (SSSR count). The molecule has 0 aliphatic heterocycles. The van der Waals surface area contributed by atoms with Crippen LogP contribution in [-0.4, -0.2) is 55.8 Å². The number of hydrogen-bond donors (Lipinski definition) is 4. The van der Waals surface area contributed by atoms with Crippen molar-refractivity contribution in [3.05, 3.63) is 29.8 Å². The fourth-order valence-electron chi connectivity index (χ4n) is 1.51. The van der Waals surface area contributed by atoms with E-state index < -0.39 is 22.0 Å². The van der Waals surface area contributed by atoms with Crippen LogP contribution in [0.4, 0.5) is 0 Å². The second kappa shape index (κ2) is 6.97. The zero-order chi connectivity index (χ0) is 14.5. The molecule has 0 spiro atoms. The van der Waals surface area contributed by atoms with Crippen LogP contribution in [0, 0.1) is 0 Å². The Hall–Kier alpha value is -0.990. The monoisotopic (exact) mass is 289 g/mol. The van der Waals surface area contributed by atoms with Gasteiger partial charge < -0.3 is 20.6 Å². The van der Waals surface area contributed by atoms with Crippen LogP contribution in [0.25, 0.3) is 0 Å². The number of rotatable bonds is 7. The molecule has 0 aliphatic rings. The molecule has 0 saturated heterocycles. The third-order valence-corrected chi connectivity index (χ3v) is 3.75. The number of aliphatic hydroxyl groups excluding tert-OH is 3. The van der Waals surface area contributed by atoms with E-state index in [1.165, 1.54) is 12.1 Å². The van der Waals surface area contributed by atoms with Gasteiger partial charge in [-0.05, 0) is 17.7 Å². The Bertz CT molecular complexity index is 485. The maximum absolute atomic E-state index is 11.3. The summed E-state index contributed by atoms with van der Waals surface area (Å²) in [6, 6.07) is 5.98. The molecule has 0 bridgehead atoms. The van der Waals surface area contributed by atoms with Crippen LogP contribution in [-0.2, 0) is 9.84 Å². The van der Waals surface area contributed by atoms with Gasteiger partial charge in [0.05, 0.1) is 23.7 Å². The zero-order valence-corrected chi connectivity index (χ0v) is 11.5. The molecule has 7 heteroatoms. The van der Waals surface area contributed by atoms with Crippen LogP contribution < -0.4 is 5.32 Å². The van der Waals surface area contributed by atoms with Crippen molar-refractivity contribution in [3.8, 4) is 0 Å². The molecule has 0 aliphatic carbocycles. The molecular weight excluding hydrogens is 270 g/mol. The smallest absolute Gasteiger partial charge is 0.175 e. The normalized spacial score (nSPS) is 15.2. The van der Waals surface area contributed by atoms with Gasteiger partial charge in [-0.2, -0.15) is 0 Å². The molecule has 0 amide bonds. The largest absolute Gasteiger partial charge is 0.394 e. The van der Waals surface area contributed by atoms with E-state index in [0.717, 1.165) is 6.26 Å². The summed E-state index contributed by atoms with van der Waals surface area (Å²) in [7, 11) is -3.23. The van der Waals surface area contributed by atoms with Crippen molar-refractivity contribution in [1.82, 2.24) is 5.32 Å². The standard InChI is InChI=1S/C12H19NO5S/c1-19(17,18)11-4-2-9(3-5-11)12(16)7-13-6-10(15)8-14/h2-5,10,12-16H,6-8H2,1H3. The molecule has 0 fully saturated rings. The molecule has 108 valence electrons. The lowest BCUT2D eigenvalue weighted by molar-refractivity contribution is 0.0891. The summed E-state index contributed by atoms with van der Waals surface area (Å²) in [6.45, 7) is 0.0381. The summed E-state index contributed by atoms with van der Waals surface area (Å²) in [5.41, 5.74) is 0.582. The van der Waals surface area contributed by atoms with Crippen molar-refractivity contribution < 1.29 is 23.7 Å². The van der Waals surface area contributed by atoms with Gasteiger partial charge in [0.1, 0.15) is 0 Å². The summed E-state index contributed by atoms with van der Waals surface area (Å²) in [5, 5.41) is 30.4. The lowest BCUT2D eigenvalue weighted by Gasteiger charge is -2.14. The lowest BCUT2D eigenvalue weighted by atomic mass is 10.1. The van der Waals surface area contributed by atoms with E-state index in [2.05, 4.69) is 5.32 Å². The maximum atomic E-state index is 11.3. The first-order valence-electron chi connectivity index (χ1n) is 5.82. The highest BCUT2D eigenvalue weighted by Crippen LogP contribution is 2.15. The predicted octanol–water partition coefficient (Wildman–Crippen LogP) is -0.934. The van der Waals surface area contributed by atoms with Crippen molar-refractivity contribution in [2.45, 2.75) is 17.1 Å². The van der Waals surface area contributed by atoms with Gasteiger partial charge in [0.15, 0.2) is 9.84 Å². The van der Waals surface area contributed by atoms with Gasteiger partial charge in [-0.3, -0.25) is 0 Å². The third-order valence-electron chi connectivity index (χ3n) is 2.62. The average molecular weight is 289 g/mol. The van der Waals surface area contributed by atoms with Crippen LogP contribution in [0.1, 0.15) is 11.7 Å². The highest BCUT2D eigenvalue weighted by Gasteiger charge is 2.11. The van der Waals surface area contributed by atoms with E-state index in [9.17, 15) is 13.5 Å². The highest BCUT2D eigenvalue weighted by atomic mass is 32.2. The Morgan fingerprint density at radius 2 is 1.74 bits per heavy atom. The van der Waals surface area contributed by atoms with E-state index >= 15 is 0 Å². The minimum atomic E-state index is -3.23. The Morgan fingerprint density at radius 3 is 2.21 bits per heavy atom. The second-order valence-corrected chi connectivity index (χ2v) is 6.37. The quantitative estimate of drug-likeness (QED) is 0.516. The molecule has 1 aromatic rings. The van der Waals surface area contributed by atoms with Crippen molar-refractivity contribution in [3.63, 3.8) is 0 Å². The first-order valence-corrected chi connectivity index (χ1v) is 7.71. The summed E-state index contributed by atoms with van der Waals surface area (Å²) in [5.74, 6) is 0. The van der Waals surface area contributed by atoms with Gasteiger partial charge in [-0.25, -0.2) is 8.42 Å². The van der Waals surface area contributed by atoms with Gasteiger partial charge >= 0.3 is 0 Å². The van der Waals surface area contributed by atoms with Gasteiger partial charge in [-0.15, -0.1) is 0 Å². The molecule has 0 heterocycles. The minimum absolute atomic E-state index is 0.176. The molecule has 2 unspecified atom stereocenters. The summed E-state index contributed by atoms with van der Waals surface area (Å²) in [4.78, 5) is 0.201. The Labute approximate surface area is 112 Å². The SMILES string of the molecule is CS(=O)(=O)c1ccc(C(O)CNCC(O)CO)cc1. The van der Waals surface area contributed by atoms with E-state index in [4.69, 9.17) is 10.2 Å². The van der Waals surface area contributed by atoms with Crippen LogP contribution in [0.3, 0.4) is 0 Å². The zero-order valence-electron chi connectivity index (χ0n) is 10.7. The first kappa shape index (κ1) is 16.1. The lowest BCUT2D eigenvalue weighted by Crippen LogP contribution is -2.32. The Morgan fingerprint density at radius 1 is 1.16 bits per heavy atom. The topological polar surface area (TPSA) is 107 Å². The summed E-state index contributed by atoms with van der Waals surface area (Å²) in [6.07, 6.45) is -0.546. The van der Waals surface area contributed by atoms with E-state index in [1.54, 1.807) is 12.1 Å². The van der Waals surface area contributed by atoms with Crippen molar-refractivity contribution >= 4 is 9.84 Å². The Balaban J connectivity index is 2.56. The average Bonchev–Trinajstić information content (AvgIpc) is 2.37. The molecule has 19 heavy (non-hydrogen) atoms. The van der Waals surface area contributed by atoms with Crippen LogP contribution in [0.5, 0.6) is 0 Å². The fourth-order valence-corrected chi connectivity index (χ4v) is 2.14. The number of benzene rings is 1. The van der Waals surface area contributed by atoms with E-state index in [1.807, 2.05) is 0 Å². The van der Waals surface area contributed by atoms with Gasteiger partial charge in [0, 0.05) is 19.3 Å². The molecule has 4 N–H and O–H groups in total. The fraction of sp³-hybridized carbons (Fsp3) is 0.500. The summed E-state index contributed by atoms with van der Waals surface area (Å²) < 4.78 is 22.5. The Kier molecular flexibility index (Phi) is 5.89. The van der Waals surface area contributed by atoms with Gasteiger partial charge in [0.2, 0.25) is 0 Å². The number of nitrogens with one attached hydrogen (secondary N) is 1. The van der Waals surface area contributed by atoms with Gasteiger partial charge in [-0.1, -0.05) is 12.1 Å². The summed E-state index contributed by atoms with van der Waals surface area (Å²) >= 11 is 0. The van der Waals surface area contributed by atoms with Crippen LogP contribution >= 0.6 is 0 Å². The number of sulfone groups is 1. The number of aliphatic hydroxyl groups is 3. The molecule has 2 atom stereocenters. The number of hydrogen-bond acceptors (Lipinski definition) is 6. The van der Waals surface area contributed by atoms with Crippen molar-refractivity contribution in [2.24, 2.45) is 0 Å². The van der Waals surface area contributed by atoms with Gasteiger partial charge in [0.25, 0.3) is 0 Å². The second-order valence-electron chi connectivity index (χ2n) is 4.35. The molecular formula is C12H19NO5S. The van der Waals surface area contributed by atoms with E-state index in [-0.39, 0.29) is 24.6 Å². The maximum Gasteiger partial charge on any atom is 0.175 e. The molecule has 1 aromatic carbocycles. The predicted molar refractivity (Wildman–Crippen MR) is 70.5 cm³/mol.